The summed E-state index contributed by atoms with van der Waals surface area (Å²) in [6.45, 7) is 2.51. The van der Waals surface area contributed by atoms with Gasteiger partial charge in [0.1, 0.15) is 17.5 Å². The van der Waals surface area contributed by atoms with Gasteiger partial charge in [-0.2, -0.15) is 0 Å². The highest BCUT2D eigenvalue weighted by molar-refractivity contribution is 6.33. The van der Waals surface area contributed by atoms with Crippen LogP contribution in [0.5, 0.6) is 0 Å². The molecular formula is C14H12ClF2N3O. The van der Waals surface area contributed by atoms with E-state index in [4.69, 9.17) is 11.6 Å². The molecule has 1 heterocycles. The molecule has 2 aromatic rings. The summed E-state index contributed by atoms with van der Waals surface area (Å²) in [6, 6.07) is 4.20. The van der Waals surface area contributed by atoms with Crippen LogP contribution in [-0.4, -0.2) is 17.4 Å². The summed E-state index contributed by atoms with van der Waals surface area (Å²) in [6.07, 6.45) is 1.30. The number of hydrogen-bond acceptors (Lipinski definition) is 3. The molecule has 2 N–H and O–H groups in total. The van der Waals surface area contributed by atoms with Crippen LogP contribution < -0.4 is 10.6 Å². The number of nitrogens with zero attached hydrogens (tertiary/aromatic N) is 1. The standard InChI is InChI=1S/C14H12ClF2N3O/c1-2-18-13-10(15)5-8(7-19-13)14(21)20-12-6-9(16)3-4-11(12)17/h3-7H,2H2,1H3,(H,18,19)(H,20,21). The van der Waals surface area contributed by atoms with Gasteiger partial charge in [0.05, 0.1) is 16.3 Å². The van der Waals surface area contributed by atoms with Crippen LogP contribution in [0.1, 0.15) is 17.3 Å². The van der Waals surface area contributed by atoms with Crippen LogP contribution in [0, 0.1) is 11.6 Å². The van der Waals surface area contributed by atoms with Crippen LogP contribution in [0.25, 0.3) is 0 Å². The highest BCUT2D eigenvalue weighted by atomic mass is 35.5. The molecule has 0 atom stereocenters. The second kappa shape index (κ2) is 6.49. The predicted molar refractivity (Wildman–Crippen MR) is 77.7 cm³/mol. The zero-order valence-corrected chi connectivity index (χ0v) is 11.8. The average molecular weight is 312 g/mol. The minimum atomic E-state index is -0.729. The van der Waals surface area contributed by atoms with Crippen molar-refractivity contribution in [1.29, 1.82) is 0 Å². The van der Waals surface area contributed by atoms with Crippen molar-refractivity contribution >= 4 is 29.0 Å². The molecule has 7 heteroatoms. The van der Waals surface area contributed by atoms with Gasteiger partial charge in [-0.15, -0.1) is 0 Å². The first-order chi connectivity index (χ1) is 10.0. The van der Waals surface area contributed by atoms with E-state index in [2.05, 4.69) is 15.6 Å². The van der Waals surface area contributed by atoms with Gasteiger partial charge in [0, 0.05) is 18.8 Å². The lowest BCUT2D eigenvalue weighted by molar-refractivity contribution is 0.102. The molecule has 0 fully saturated rings. The molecule has 1 aromatic heterocycles. The van der Waals surface area contributed by atoms with Gasteiger partial charge in [-0.05, 0) is 25.1 Å². The van der Waals surface area contributed by atoms with Crippen LogP contribution in [0.15, 0.2) is 30.5 Å². The van der Waals surface area contributed by atoms with Gasteiger partial charge >= 0.3 is 0 Å². The summed E-state index contributed by atoms with van der Waals surface area (Å²) in [5, 5.41) is 5.46. The van der Waals surface area contributed by atoms with Gasteiger partial charge in [-0.3, -0.25) is 4.79 Å². The number of anilines is 2. The molecule has 0 aliphatic carbocycles. The van der Waals surface area contributed by atoms with Crippen LogP contribution >= 0.6 is 11.6 Å². The molecule has 0 spiro atoms. The van der Waals surface area contributed by atoms with E-state index in [1.165, 1.54) is 12.3 Å². The number of rotatable bonds is 4. The van der Waals surface area contributed by atoms with E-state index in [0.29, 0.717) is 12.4 Å². The summed E-state index contributed by atoms with van der Waals surface area (Å²) in [5.74, 6) is -1.55. The van der Waals surface area contributed by atoms with Crippen LogP contribution in [0.2, 0.25) is 5.02 Å². The number of nitrogens with one attached hydrogen (secondary N) is 2. The molecule has 21 heavy (non-hydrogen) atoms. The highest BCUT2D eigenvalue weighted by Crippen LogP contribution is 2.21. The lowest BCUT2D eigenvalue weighted by atomic mass is 10.2. The summed E-state index contributed by atoms with van der Waals surface area (Å²) in [7, 11) is 0. The average Bonchev–Trinajstić information content (AvgIpc) is 2.45. The van der Waals surface area contributed by atoms with E-state index < -0.39 is 17.5 Å². The number of pyridine rings is 1. The SMILES string of the molecule is CCNc1ncc(C(=O)Nc2cc(F)ccc2F)cc1Cl. The minimum absolute atomic E-state index is 0.144. The summed E-state index contributed by atoms with van der Waals surface area (Å²) >= 11 is 5.97. The predicted octanol–water partition coefficient (Wildman–Crippen LogP) is 3.70. The molecule has 0 bridgehead atoms. The molecule has 1 amide bonds. The monoisotopic (exact) mass is 311 g/mol. The number of aromatic nitrogens is 1. The molecule has 0 saturated carbocycles. The quantitative estimate of drug-likeness (QED) is 0.905. The zero-order valence-electron chi connectivity index (χ0n) is 11.1. The number of carbonyl (C=O) groups excluding carboxylic acids is 1. The van der Waals surface area contributed by atoms with Gasteiger partial charge < -0.3 is 10.6 Å². The van der Waals surface area contributed by atoms with Crippen molar-refractivity contribution in [3.05, 3.63) is 52.7 Å². The Morgan fingerprint density at radius 2 is 2.10 bits per heavy atom. The van der Waals surface area contributed by atoms with Crippen molar-refractivity contribution in [2.24, 2.45) is 0 Å². The lowest BCUT2D eigenvalue weighted by Crippen LogP contribution is -2.14. The van der Waals surface area contributed by atoms with Gasteiger partial charge in [-0.25, -0.2) is 13.8 Å². The van der Waals surface area contributed by atoms with E-state index >= 15 is 0 Å². The van der Waals surface area contributed by atoms with Gasteiger partial charge in [0.2, 0.25) is 0 Å². The second-order valence-corrected chi connectivity index (χ2v) is 4.57. The largest absolute Gasteiger partial charge is 0.369 e. The maximum atomic E-state index is 13.5. The molecular weight excluding hydrogens is 300 g/mol. The Hall–Kier alpha value is -2.21. The van der Waals surface area contributed by atoms with E-state index in [9.17, 15) is 13.6 Å². The molecule has 0 unspecified atom stereocenters. The number of hydrogen-bond donors (Lipinski definition) is 2. The van der Waals surface area contributed by atoms with Crippen LogP contribution in [-0.2, 0) is 0 Å². The number of amides is 1. The Bertz CT molecular complexity index is 679. The minimum Gasteiger partial charge on any atom is -0.369 e. The molecule has 110 valence electrons. The normalized spacial score (nSPS) is 10.3. The fourth-order valence-electron chi connectivity index (χ4n) is 1.65. The lowest BCUT2D eigenvalue weighted by Gasteiger charge is -2.09. The first-order valence-corrected chi connectivity index (χ1v) is 6.55. The topological polar surface area (TPSA) is 54.0 Å². The summed E-state index contributed by atoms with van der Waals surface area (Å²) < 4.78 is 26.5. The molecule has 0 radical (unpaired) electrons. The molecule has 0 saturated heterocycles. The van der Waals surface area contributed by atoms with Crippen LogP contribution in [0.3, 0.4) is 0 Å². The van der Waals surface area contributed by atoms with E-state index in [-0.39, 0.29) is 16.3 Å². The van der Waals surface area contributed by atoms with E-state index in [1.807, 2.05) is 6.92 Å². The maximum Gasteiger partial charge on any atom is 0.257 e. The first kappa shape index (κ1) is 15.2. The fraction of sp³-hybridized carbons (Fsp3) is 0.143. The van der Waals surface area contributed by atoms with Crippen molar-refractivity contribution < 1.29 is 13.6 Å². The van der Waals surface area contributed by atoms with Crippen LogP contribution in [0.4, 0.5) is 20.3 Å². The van der Waals surface area contributed by atoms with Crippen molar-refractivity contribution in [3.8, 4) is 0 Å². The zero-order chi connectivity index (χ0) is 15.4. The Kier molecular flexibility index (Phi) is 4.70. The number of halogens is 3. The van der Waals surface area contributed by atoms with Crippen molar-refractivity contribution in [3.63, 3.8) is 0 Å². The smallest absolute Gasteiger partial charge is 0.257 e. The molecule has 2 rings (SSSR count). The van der Waals surface area contributed by atoms with Gasteiger partial charge in [-0.1, -0.05) is 11.6 Å². The Morgan fingerprint density at radius 1 is 1.33 bits per heavy atom. The van der Waals surface area contributed by atoms with Crippen molar-refractivity contribution in [2.45, 2.75) is 6.92 Å². The maximum absolute atomic E-state index is 13.5. The fourth-order valence-corrected chi connectivity index (χ4v) is 1.88. The summed E-state index contributed by atoms with van der Waals surface area (Å²) in [5.41, 5.74) is -0.0998. The van der Waals surface area contributed by atoms with Gasteiger partial charge in [0.25, 0.3) is 5.91 Å². The summed E-state index contributed by atoms with van der Waals surface area (Å²) in [4.78, 5) is 16.0. The molecule has 0 aliphatic rings. The second-order valence-electron chi connectivity index (χ2n) is 4.16. The third-order valence-electron chi connectivity index (χ3n) is 2.62. The molecule has 1 aromatic carbocycles. The highest BCUT2D eigenvalue weighted by Gasteiger charge is 2.12. The van der Waals surface area contributed by atoms with E-state index in [0.717, 1.165) is 18.2 Å². The Morgan fingerprint density at radius 3 is 2.76 bits per heavy atom. The van der Waals surface area contributed by atoms with Crippen molar-refractivity contribution in [2.75, 3.05) is 17.2 Å². The third kappa shape index (κ3) is 3.66. The molecule has 0 aliphatic heterocycles. The number of carbonyl (C=O) groups is 1. The van der Waals surface area contributed by atoms with E-state index in [1.54, 1.807) is 0 Å². The third-order valence-corrected chi connectivity index (χ3v) is 2.91. The Labute approximate surface area is 125 Å². The number of benzene rings is 1. The Balaban J connectivity index is 2.20. The molecule has 4 nitrogen and oxygen atoms in total. The van der Waals surface area contributed by atoms with Gasteiger partial charge in [0.15, 0.2) is 0 Å². The van der Waals surface area contributed by atoms with Crippen molar-refractivity contribution in [1.82, 2.24) is 4.98 Å². The first-order valence-electron chi connectivity index (χ1n) is 6.17.